The lowest BCUT2D eigenvalue weighted by Crippen LogP contribution is -2.30. The molecule has 110 valence electrons. The number of hydrogen-bond acceptors (Lipinski definition) is 6. The van der Waals surface area contributed by atoms with Gasteiger partial charge in [0.1, 0.15) is 13.2 Å². The van der Waals surface area contributed by atoms with Crippen molar-refractivity contribution in [1.29, 1.82) is 0 Å². The van der Waals surface area contributed by atoms with Crippen LogP contribution in [-0.2, 0) is 0 Å². The molecule has 3 N–H and O–H groups in total. The number of rotatable bonds is 3. The van der Waals surface area contributed by atoms with E-state index >= 15 is 0 Å². The summed E-state index contributed by atoms with van der Waals surface area (Å²) in [4.78, 5) is 0. The number of ether oxygens (including phenoxy) is 2. The van der Waals surface area contributed by atoms with Crippen molar-refractivity contribution in [3.05, 3.63) is 46.8 Å². The predicted octanol–water partition coefficient (Wildman–Crippen LogP) is 1.42. The molecular weight excluding hydrogens is 268 g/mol. The lowest BCUT2D eigenvalue weighted by Gasteiger charge is -2.22. The molecule has 21 heavy (non-hydrogen) atoms. The van der Waals surface area contributed by atoms with Crippen molar-refractivity contribution in [3.8, 4) is 11.5 Å². The zero-order valence-corrected chi connectivity index (χ0v) is 12.1. The molecule has 0 aliphatic carbocycles. The predicted molar refractivity (Wildman–Crippen MR) is 78.1 cm³/mol. The highest BCUT2D eigenvalue weighted by atomic mass is 16.6. The second-order valence-electron chi connectivity index (χ2n) is 5.03. The van der Waals surface area contributed by atoms with Gasteiger partial charge in [0, 0.05) is 0 Å². The average molecular weight is 286 g/mol. The molecule has 6 heteroatoms. The molecule has 1 aliphatic heterocycles. The molecule has 0 amide bonds. The van der Waals surface area contributed by atoms with Gasteiger partial charge in [-0.1, -0.05) is 6.07 Å². The lowest BCUT2D eigenvalue weighted by molar-refractivity contribution is 0.171. The van der Waals surface area contributed by atoms with E-state index in [9.17, 15) is 0 Å². The van der Waals surface area contributed by atoms with Crippen LogP contribution in [0, 0.1) is 13.8 Å². The summed E-state index contributed by atoms with van der Waals surface area (Å²) in [5.41, 5.74) is 6.55. The Morgan fingerprint density at radius 2 is 1.86 bits per heavy atom. The fraction of sp³-hybridized carbons (Fsp3) is 0.333. The van der Waals surface area contributed by atoms with E-state index in [4.69, 9.17) is 15.3 Å². The molecule has 1 aromatic carbocycles. The summed E-state index contributed by atoms with van der Waals surface area (Å²) in [6.45, 7) is 4.97. The second-order valence-corrected chi connectivity index (χ2v) is 5.03. The fourth-order valence-corrected chi connectivity index (χ4v) is 2.47. The topological polar surface area (TPSA) is 82.3 Å². The van der Waals surface area contributed by atoms with Gasteiger partial charge in [-0.05, 0) is 43.2 Å². The summed E-state index contributed by atoms with van der Waals surface area (Å²) in [5.74, 6) is 7.27. The Morgan fingerprint density at radius 1 is 1.10 bits per heavy atom. The van der Waals surface area contributed by atoms with Crippen molar-refractivity contribution in [2.75, 3.05) is 13.2 Å². The van der Waals surface area contributed by atoms with Crippen LogP contribution in [0.5, 0.6) is 11.5 Å². The van der Waals surface area contributed by atoms with Crippen LogP contribution in [0.4, 0.5) is 0 Å². The van der Waals surface area contributed by atoms with Gasteiger partial charge in [-0.3, -0.25) is 5.84 Å². The van der Waals surface area contributed by atoms with Gasteiger partial charge >= 0.3 is 0 Å². The summed E-state index contributed by atoms with van der Waals surface area (Å²) in [6, 6.07) is 7.66. The standard InChI is InChI=1S/C15H18N4O2/c1-9-7-12(10(2)19-18-9)15(17-16)11-3-4-13-14(8-11)21-6-5-20-13/h3-4,7-8,15,17H,5-6,16H2,1-2H3. The number of aryl methyl sites for hydroxylation is 2. The maximum absolute atomic E-state index is 5.76. The lowest BCUT2D eigenvalue weighted by atomic mass is 9.97. The van der Waals surface area contributed by atoms with Crippen LogP contribution in [0.1, 0.15) is 28.6 Å². The van der Waals surface area contributed by atoms with Gasteiger partial charge in [-0.25, -0.2) is 5.43 Å². The molecule has 2 heterocycles. The summed E-state index contributed by atoms with van der Waals surface area (Å²) in [7, 11) is 0. The smallest absolute Gasteiger partial charge is 0.161 e. The van der Waals surface area contributed by atoms with Crippen LogP contribution in [0.3, 0.4) is 0 Å². The highest BCUT2D eigenvalue weighted by molar-refractivity contribution is 5.47. The Bertz CT molecular complexity index is 660. The first kappa shape index (κ1) is 13.8. The van der Waals surface area contributed by atoms with Crippen molar-refractivity contribution in [1.82, 2.24) is 15.6 Å². The summed E-state index contributed by atoms with van der Waals surface area (Å²) < 4.78 is 11.2. The van der Waals surface area contributed by atoms with Gasteiger partial charge in [0.15, 0.2) is 11.5 Å². The molecule has 0 spiro atoms. The Hall–Kier alpha value is -2.18. The number of fused-ring (bicyclic) bond motifs is 1. The fourth-order valence-electron chi connectivity index (χ4n) is 2.47. The first-order chi connectivity index (χ1) is 10.2. The molecule has 1 unspecified atom stereocenters. The van der Waals surface area contributed by atoms with E-state index in [1.807, 2.05) is 38.1 Å². The number of nitrogens with two attached hydrogens (primary N) is 1. The number of hydrazine groups is 1. The molecule has 0 saturated carbocycles. The van der Waals surface area contributed by atoms with Crippen LogP contribution < -0.4 is 20.7 Å². The van der Waals surface area contributed by atoms with Gasteiger partial charge < -0.3 is 9.47 Å². The van der Waals surface area contributed by atoms with Crippen LogP contribution in [0.25, 0.3) is 0 Å². The first-order valence-corrected chi connectivity index (χ1v) is 6.85. The van der Waals surface area contributed by atoms with Crippen LogP contribution in [0.2, 0.25) is 0 Å². The molecule has 0 saturated heterocycles. The monoisotopic (exact) mass is 286 g/mol. The van der Waals surface area contributed by atoms with E-state index in [-0.39, 0.29) is 6.04 Å². The first-order valence-electron chi connectivity index (χ1n) is 6.85. The summed E-state index contributed by atoms with van der Waals surface area (Å²) >= 11 is 0. The van der Waals surface area contributed by atoms with Crippen molar-refractivity contribution in [2.24, 2.45) is 5.84 Å². The third kappa shape index (κ3) is 2.68. The van der Waals surface area contributed by atoms with Gasteiger partial charge in [0.05, 0.1) is 17.4 Å². The Morgan fingerprint density at radius 3 is 2.62 bits per heavy atom. The molecule has 1 aliphatic rings. The quantitative estimate of drug-likeness (QED) is 0.656. The minimum absolute atomic E-state index is 0.171. The van der Waals surface area contributed by atoms with Gasteiger partial charge in [0.25, 0.3) is 0 Å². The number of hydrogen-bond donors (Lipinski definition) is 2. The van der Waals surface area contributed by atoms with E-state index in [1.165, 1.54) is 0 Å². The van der Waals surface area contributed by atoms with E-state index in [2.05, 4.69) is 15.6 Å². The van der Waals surface area contributed by atoms with E-state index in [1.54, 1.807) is 0 Å². The van der Waals surface area contributed by atoms with E-state index < -0.39 is 0 Å². The third-order valence-electron chi connectivity index (χ3n) is 3.52. The SMILES string of the molecule is Cc1cc(C(NN)c2ccc3c(c2)OCCO3)c(C)nn1. The number of benzene rings is 1. The van der Waals surface area contributed by atoms with Crippen LogP contribution in [0.15, 0.2) is 24.3 Å². The van der Waals surface area contributed by atoms with Crippen LogP contribution in [-0.4, -0.2) is 23.4 Å². The van der Waals surface area contributed by atoms with Crippen molar-refractivity contribution < 1.29 is 9.47 Å². The van der Waals surface area contributed by atoms with Gasteiger partial charge in [-0.2, -0.15) is 10.2 Å². The molecule has 6 nitrogen and oxygen atoms in total. The molecule has 2 aromatic rings. The average Bonchev–Trinajstić information content (AvgIpc) is 2.51. The van der Waals surface area contributed by atoms with E-state index in [0.717, 1.165) is 34.0 Å². The number of nitrogens with one attached hydrogen (secondary N) is 1. The molecular formula is C15H18N4O2. The molecule has 1 aromatic heterocycles. The molecule has 0 radical (unpaired) electrons. The Labute approximate surface area is 123 Å². The number of aromatic nitrogens is 2. The van der Waals surface area contributed by atoms with Crippen molar-refractivity contribution in [3.63, 3.8) is 0 Å². The normalized spacial score (nSPS) is 14.8. The molecule has 1 atom stereocenters. The number of nitrogens with zero attached hydrogens (tertiary/aromatic N) is 2. The Balaban J connectivity index is 2.01. The van der Waals surface area contributed by atoms with Crippen LogP contribution >= 0.6 is 0 Å². The Kier molecular flexibility index (Phi) is 3.72. The minimum Gasteiger partial charge on any atom is -0.486 e. The maximum atomic E-state index is 5.76. The highest BCUT2D eigenvalue weighted by Crippen LogP contribution is 2.34. The van der Waals surface area contributed by atoms with Crippen molar-refractivity contribution >= 4 is 0 Å². The minimum atomic E-state index is -0.171. The van der Waals surface area contributed by atoms with Crippen molar-refractivity contribution in [2.45, 2.75) is 19.9 Å². The largest absolute Gasteiger partial charge is 0.486 e. The third-order valence-corrected chi connectivity index (χ3v) is 3.52. The zero-order valence-electron chi connectivity index (χ0n) is 12.1. The van der Waals surface area contributed by atoms with Gasteiger partial charge in [0.2, 0.25) is 0 Å². The molecule has 3 rings (SSSR count). The second kappa shape index (κ2) is 5.67. The van der Waals surface area contributed by atoms with Gasteiger partial charge in [-0.15, -0.1) is 0 Å². The molecule has 0 fully saturated rings. The zero-order chi connectivity index (χ0) is 14.8. The highest BCUT2D eigenvalue weighted by Gasteiger charge is 2.19. The molecule has 0 bridgehead atoms. The maximum Gasteiger partial charge on any atom is 0.161 e. The van der Waals surface area contributed by atoms with E-state index in [0.29, 0.717) is 13.2 Å². The summed E-state index contributed by atoms with van der Waals surface area (Å²) in [5, 5.41) is 8.22. The summed E-state index contributed by atoms with van der Waals surface area (Å²) in [6.07, 6.45) is 0.